The maximum Gasteiger partial charge on any atom is 0.792 e. The lowest BCUT2D eigenvalue weighted by molar-refractivity contribution is -0.317. The monoisotopic (exact) mass is 304 g/mol. The summed E-state index contributed by atoms with van der Waals surface area (Å²) in [6.07, 6.45) is 9.40. The second kappa shape index (κ2) is 5.64. The summed E-state index contributed by atoms with van der Waals surface area (Å²) in [6, 6.07) is 11.7. The van der Waals surface area contributed by atoms with E-state index in [1.165, 1.54) is 4.49 Å². The first-order valence-corrected chi connectivity index (χ1v) is 7.31. The predicted octanol–water partition coefficient (Wildman–Crippen LogP) is 3.25. The number of hydrogen-bond donors (Lipinski definition) is 3. The van der Waals surface area contributed by atoms with Crippen LogP contribution in [-0.2, 0) is 0 Å². The van der Waals surface area contributed by atoms with E-state index in [1.807, 2.05) is 67.0 Å². The molecule has 0 saturated carbocycles. The number of nitrogens with zero attached hydrogens (tertiary/aromatic N) is 1. The fourth-order valence-electron chi connectivity index (χ4n) is 2.71. The summed E-state index contributed by atoms with van der Waals surface area (Å²) in [5.41, 5.74) is 5.33. The van der Waals surface area contributed by atoms with Crippen molar-refractivity contribution in [3.05, 3.63) is 78.0 Å². The Labute approximate surface area is 133 Å². The van der Waals surface area contributed by atoms with Gasteiger partial charge in [0.15, 0.2) is 5.70 Å². The minimum absolute atomic E-state index is 0.580. The molecule has 0 amide bonds. The molecule has 3 aromatic heterocycles. The Morgan fingerprint density at radius 1 is 0.913 bits per heavy atom. The molecule has 23 heavy (non-hydrogen) atoms. The maximum atomic E-state index is 13.4. The van der Waals surface area contributed by atoms with E-state index in [0.29, 0.717) is 7.69 Å². The number of halogens is 1. The average Bonchev–Trinajstić information content (AvgIpc) is 3.34. The van der Waals surface area contributed by atoms with E-state index in [2.05, 4.69) is 15.0 Å². The normalized spacial score (nSPS) is 15.8. The van der Waals surface area contributed by atoms with Crippen LogP contribution in [0.2, 0.25) is 0 Å². The largest absolute Gasteiger partial charge is 0.792 e. The second-order valence-electron chi connectivity index (χ2n) is 5.25. The summed E-state index contributed by atoms with van der Waals surface area (Å²) >= 11 is 0. The molecule has 0 saturated heterocycles. The fraction of sp³-hybridized carbons (Fsp3) is 0. The van der Waals surface area contributed by atoms with Crippen LogP contribution in [0.1, 0.15) is 11.4 Å². The highest BCUT2D eigenvalue weighted by atomic mass is 19.1. The highest BCUT2D eigenvalue weighted by Crippen LogP contribution is 2.20. The third kappa shape index (κ3) is 2.48. The van der Waals surface area contributed by atoms with E-state index >= 15 is 0 Å². The summed E-state index contributed by atoms with van der Waals surface area (Å²) in [4.78, 5) is 9.56. The lowest BCUT2D eigenvalue weighted by Crippen LogP contribution is -2.17. The second-order valence-corrected chi connectivity index (χ2v) is 5.25. The number of aromatic amines is 3. The van der Waals surface area contributed by atoms with Gasteiger partial charge in [0.2, 0.25) is 5.71 Å². The Kier molecular flexibility index (Phi) is 3.35. The quantitative estimate of drug-likeness (QED) is 0.620. The zero-order valence-electron chi connectivity index (χ0n) is 12.3. The molecular formula is C17H14BFN4+. The summed E-state index contributed by atoms with van der Waals surface area (Å²) < 4.78 is 14.9. The van der Waals surface area contributed by atoms with Crippen LogP contribution in [0.3, 0.4) is 0 Å². The number of rotatable bonds is 4. The number of hydrogen-bond acceptors (Lipinski definition) is 0. The topological polar surface area (TPSA) is 50.4 Å². The first kappa shape index (κ1) is 13.6. The molecule has 4 nitrogen and oxygen atoms in total. The SMILES string of the molecule is F[B][N+]1=C(c2ccc[nH]2)C=C/C1=C/c1ccc(-c2ccc[nH]2)[nH]1. The Morgan fingerprint density at radius 3 is 2.39 bits per heavy atom. The third-order valence-corrected chi connectivity index (χ3v) is 3.82. The van der Waals surface area contributed by atoms with E-state index in [1.54, 1.807) is 0 Å². The lowest BCUT2D eigenvalue weighted by atomic mass is 10.2. The van der Waals surface area contributed by atoms with Gasteiger partial charge < -0.3 is 15.0 Å². The Morgan fingerprint density at radius 2 is 1.70 bits per heavy atom. The number of aromatic nitrogens is 3. The van der Waals surface area contributed by atoms with Crippen LogP contribution in [0.25, 0.3) is 17.5 Å². The van der Waals surface area contributed by atoms with Crippen molar-refractivity contribution in [2.24, 2.45) is 0 Å². The van der Waals surface area contributed by atoms with Crippen molar-refractivity contribution < 1.29 is 8.80 Å². The van der Waals surface area contributed by atoms with Gasteiger partial charge in [0.05, 0.1) is 11.4 Å². The third-order valence-electron chi connectivity index (χ3n) is 3.82. The van der Waals surface area contributed by atoms with Crippen molar-refractivity contribution in [2.75, 3.05) is 0 Å². The molecule has 1 radical (unpaired) electrons. The van der Waals surface area contributed by atoms with Crippen LogP contribution in [0.4, 0.5) is 4.32 Å². The van der Waals surface area contributed by atoms with Crippen molar-refractivity contribution in [3.8, 4) is 11.4 Å². The Bertz CT molecular complexity index is 898. The number of allylic oxidation sites excluding steroid dienone is 2. The standard InChI is InChI=1S/C17H14BFN4/c19-18-23-13(6-8-17(23)16-4-2-10-21-16)11-12-5-7-15(22-12)14-3-1-9-20-14/h1-11,20-22H/q+1. The minimum Gasteiger partial charge on any atom is -0.360 e. The summed E-state index contributed by atoms with van der Waals surface area (Å²) in [7, 11) is 0.580. The fourth-order valence-corrected chi connectivity index (χ4v) is 2.71. The van der Waals surface area contributed by atoms with Crippen LogP contribution < -0.4 is 0 Å². The summed E-state index contributed by atoms with van der Waals surface area (Å²) in [5, 5.41) is 0. The van der Waals surface area contributed by atoms with Gasteiger partial charge in [-0.1, -0.05) is 0 Å². The van der Waals surface area contributed by atoms with Gasteiger partial charge in [0.1, 0.15) is 5.69 Å². The van der Waals surface area contributed by atoms with Crippen molar-refractivity contribution in [1.29, 1.82) is 0 Å². The van der Waals surface area contributed by atoms with E-state index in [-0.39, 0.29) is 0 Å². The molecule has 6 heteroatoms. The highest BCUT2D eigenvalue weighted by molar-refractivity contribution is 6.22. The van der Waals surface area contributed by atoms with Gasteiger partial charge in [-0.15, -0.1) is 0 Å². The zero-order chi connectivity index (χ0) is 15.6. The minimum atomic E-state index is 0.580. The van der Waals surface area contributed by atoms with Crippen molar-refractivity contribution in [1.82, 2.24) is 15.0 Å². The van der Waals surface area contributed by atoms with Gasteiger partial charge in [-0.05, 0) is 36.4 Å². The first-order chi connectivity index (χ1) is 11.3. The van der Waals surface area contributed by atoms with E-state index in [9.17, 15) is 4.32 Å². The van der Waals surface area contributed by atoms with Crippen LogP contribution in [0, 0.1) is 0 Å². The lowest BCUT2D eigenvalue weighted by Gasteiger charge is -1.97. The van der Waals surface area contributed by atoms with E-state index in [0.717, 1.165) is 34.2 Å². The molecule has 0 unspecified atom stereocenters. The molecule has 0 spiro atoms. The van der Waals surface area contributed by atoms with Crippen LogP contribution >= 0.6 is 0 Å². The molecule has 111 valence electrons. The van der Waals surface area contributed by atoms with Gasteiger partial charge in [-0.3, -0.25) is 0 Å². The van der Waals surface area contributed by atoms with Crippen molar-refractivity contribution >= 4 is 19.5 Å². The zero-order valence-corrected chi connectivity index (χ0v) is 12.3. The van der Waals surface area contributed by atoms with Crippen molar-refractivity contribution in [2.45, 2.75) is 0 Å². The summed E-state index contributed by atoms with van der Waals surface area (Å²) in [5.74, 6) is 0. The van der Waals surface area contributed by atoms with Gasteiger partial charge in [0.25, 0.3) is 0 Å². The van der Waals surface area contributed by atoms with Crippen LogP contribution in [-0.4, -0.2) is 32.8 Å². The van der Waals surface area contributed by atoms with Crippen LogP contribution in [0.15, 0.2) is 66.6 Å². The number of nitrogens with one attached hydrogen (secondary N) is 3. The molecule has 0 fully saturated rings. The molecular weight excluding hydrogens is 290 g/mol. The molecule has 3 aromatic rings. The molecule has 0 aromatic carbocycles. The Balaban J connectivity index is 1.68. The molecule has 4 heterocycles. The molecule has 4 rings (SSSR count). The van der Waals surface area contributed by atoms with Gasteiger partial charge in [0, 0.05) is 36.3 Å². The Hall–Kier alpha value is -3.02. The molecule has 1 aliphatic rings. The van der Waals surface area contributed by atoms with Gasteiger partial charge >= 0.3 is 7.69 Å². The maximum absolute atomic E-state index is 13.4. The van der Waals surface area contributed by atoms with Gasteiger partial charge in [-0.2, -0.15) is 0 Å². The molecule has 3 N–H and O–H groups in total. The van der Waals surface area contributed by atoms with E-state index in [4.69, 9.17) is 0 Å². The molecule has 0 aliphatic carbocycles. The molecule has 0 bridgehead atoms. The average molecular weight is 304 g/mol. The summed E-state index contributed by atoms with van der Waals surface area (Å²) in [6.45, 7) is 0. The smallest absolute Gasteiger partial charge is 0.360 e. The predicted molar refractivity (Wildman–Crippen MR) is 89.7 cm³/mol. The molecule has 1 aliphatic heterocycles. The van der Waals surface area contributed by atoms with E-state index < -0.39 is 0 Å². The molecule has 0 atom stereocenters. The van der Waals surface area contributed by atoms with Gasteiger partial charge in [-0.25, -0.2) is 8.80 Å². The first-order valence-electron chi connectivity index (χ1n) is 7.31. The number of H-pyrrole nitrogens is 3. The highest BCUT2D eigenvalue weighted by Gasteiger charge is 2.27. The van der Waals surface area contributed by atoms with Crippen molar-refractivity contribution in [3.63, 3.8) is 0 Å². The van der Waals surface area contributed by atoms with Crippen LogP contribution in [0.5, 0.6) is 0 Å².